The number of hydrogen-bond donors (Lipinski definition) is 0. The molecule has 0 unspecified atom stereocenters. The van der Waals surface area contributed by atoms with Crippen molar-refractivity contribution in [3.05, 3.63) is 142 Å². The van der Waals surface area contributed by atoms with Gasteiger partial charge in [0.15, 0.2) is 0 Å². The van der Waals surface area contributed by atoms with E-state index in [1.165, 1.54) is 57.3 Å². The van der Waals surface area contributed by atoms with Crippen molar-refractivity contribution in [1.82, 2.24) is 0 Å². The van der Waals surface area contributed by atoms with E-state index in [4.69, 9.17) is 0 Å². The summed E-state index contributed by atoms with van der Waals surface area (Å²) in [6.45, 7) is 4.30. The maximum absolute atomic E-state index is 2.32. The lowest BCUT2D eigenvalue weighted by Gasteiger charge is -2.07. The van der Waals surface area contributed by atoms with Crippen molar-refractivity contribution in [1.29, 1.82) is 0 Å². The van der Waals surface area contributed by atoms with Gasteiger partial charge < -0.3 is 0 Å². The van der Waals surface area contributed by atoms with Crippen molar-refractivity contribution in [2.45, 2.75) is 65.2 Å². The lowest BCUT2D eigenvalue weighted by molar-refractivity contribution is 0.818. The molecular formula is C34H38. The van der Waals surface area contributed by atoms with Crippen LogP contribution in [0.1, 0.15) is 57.3 Å². The molecular weight excluding hydrogens is 408 g/mol. The van der Waals surface area contributed by atoms with E-state index >= 15 is 0 Å². The van der Waals surface area contributed by atoms with Crippen LogP contribution in [0.4, 0.5) is 0 Å². The van der Waals surface area contributed by atoms with Gasteiger partial charge in [0.1, 0.15) is 0 Å². The lowest BCUT2D eigenvalue weighted by Crippen LogP contribution is -1.95. The Kier molecular flexibility index (Phi) is 8.74. The summed E-state index contributed by atoms with van der Waals surface area (Å²) in [5, 5.41) is 0. The first-order valence-corrected chi connectivity index (χ1v) is 12.9. The standard InChI is InChI=1S/C34H38/c1-27-9-13-29(14-10-27)5-3-7-31-17-21-33(22-18-31)25-26-34-23-19-32(20-24-34)8-4-6-30-15-11-28(2)12-16-30/h9-24H,3-8,25-26H2,1-2H3. The van der Waals surface area contributed by atoms with Gasteiger partial charge >= 0.3 is 0 Å². The van der Waals surface area contributed by atoms with E-state index in [2.05, 4.69) is 111 Å². The van der Waals surface area contributed by atoms with Gasteiger partial charge in [0.2, 0.25) is 0 Å². The number of aryl methyl sites for hydroxylation is 8. The van der Waals surface area contributed by atoms with Crippen molar-refractivity contribution in [2.75, 3.05) is 0 Å². The third-order valence-electron chi connectivity index (χ3n) is 6.85. The van der Waals surface area contributed by atoms with Gasteiger partial charge in [-0.1, -0.05) is 108 Å². The molecule has 0 spiro atoms. The minimum Gasteiger partial charge on any atom is -0.0591 e. The Labute approximate surface area is 206 Å². The molecule has 0 aliphatic carbocycles. The van der Waals surface area contributed by atoms with Gasteiger partial charge in [-0.25, -0.2) is 0 Å². The smallest absolute Gasteiger partial charge is 0.0238 e. The van der Waals surface area contributed by atoms with Gasteiger partial charge in [-0.05, 0) is 98.6 Å². The summed E-state index contributed by atoms with van der Waals surface area (Å²) in [5.41, 5.74) is 11.3. The maximum Gasteiger partial charge on any atom is -0.0238 e. The zero-order valence-corrected chi connectivity index (χ0v) is 20.9. The number of hydrogen-bond acceptors (Lipinski definition) is 0. The second-order valence-electron chi connectivity index (χ2n) is 9.81. The molecule has 0 N–H and O–H groups in total. The first-order valence-electron chi connectivity index (χ1n) is 12.9. The molecule has 0 heterocycles. The molecule has 0 aromatic heterocycles. The molecule has 0 amide bonds. The molecule has 0 fully saturated rings. The SMILES string of the molecule is Cc1ccc(CCCc2ccc(CCc3ccc(CCCc4ccc(C)cc4)cc3)cc2)cc1. The molecule has 0 aliphatic heterocycles. The Hall–Kier alpha value is -3.12. The zero-order valence-electron chi connectivity index (χ0n) is 20.9. The van der Waals surface area contributed by atoms with E-state index in [0.717, 1.165) is 38.5 Å². The first kappa shape index (κ1) is 24.0. The number of rotatable bonds is 11. The van der Waals surface area contributed by atoms with Crippen LogP contribution in [0.25, 0.3) is 0 Å². The molecule has 0 saturated heterocycles. The van der Waals surface area contributed by atoms with Crippen LogP contribution in [-0.4, -0.2) is 0 Å². The van der Waals surface area contributed by atoms with Crippen LogP contribution in [0.2, 0.25) is 0 Å². The Balaban J connectivity index is 1.16. The van der Waals surface area contributed by atoms with Gasteiger partial charge in [0.05, 0.1) is 0 Å². The van der Waals surface area contributed by atoms with Gasteiger partial charge in [-0.2, -0.15) is 0 Å². The predicted octanol–water partition coefficient (Wildman–Crippen LogP) is 8.44. The van der Waals surface area contributed by atoms with Crippen molar-refractivity contribution >= 4 is 0 Å². The topological polar surface area (TPSA) is 0 Å². The summed E-state index contributed by atoms with van der Waals surface area (Å²) in [4.78, 5) is 0. The molecule has 0 nitrogen and oxygen atoms in total. The highest BCUT2D eigenvalue weighted by Crippen LogP contribution is 2.15. The third-order valence-corrected chi connectivity index (χ3v) is 6.85. The van der Waals surface area contributed by atoms with E-state index in [1.54, 1.807) is 0 Å². The summed E-state index contributed by atoms with van der Waals surface area (Å²) in [5.74, 6) is 0. The zero-order chi connectivity index (χ0) is 23.6. The molecule has 34 heavy (non-hydrogen) atoms. The second-order valence-corrected chi connectivity index (χ2v) is 9.81. The molecule has 4 rings (SSSR count). The van der Waals surface area contributed by atoms with Crippen molar-refractivity contribution in [3.8, 4) is 0 Å². The summed E-state index contributed by atoms with van der Waals surface area (Å²) >= 11 is 0. The normalized spacial score (nSPS) is 11.0. The van der Waals surface area contributed by atoms with E-state index < -0.39 is 0 Å². The summed E-state index contributed by atoms with van der Waals surface area (Å²) in [7, 11) is 0. The highest BCUT2D eigenvalue weighted by molar-refractivity contribution is 5.27. The number of benzene rings is 4. The van der Waals surface area contributed by atoms with Crippen LogP contribution < -0.4 is 0 Å². The summed E-state index contributed by atoms with van der Waals surface area (Å²) < 4.78 is 0. The molecule has 174 valence electrons. The van der Waals surface area contributed by atoms with Crippen molar-refractivity contribution in [3.63, 3.8) is 0 Å². The van der Waals surface area contributed by atoms with Gasteiger partial charge in [0, 0.05) is 0 Å². The Morgan fingerprint density at radius 3 is 0.765 bits per heavy atom. The monoisotopic (exact) mass is 446 g/mol. The Morgan fingerprint density at radius 2 is 0.500 bits per heavy atom. The molecule has 4 aromatic carbocycles. The minimum atomic E-state index is 1.11. The van der Waals surface area contributed by atoms with Crippen LogP contribution in [0.5, 0.6) is 0 Å². The summed E-state index contributed by atoms with van der Waals surface area (Å²) in [6, 6.07) is 36.5. The first-order chi connectivity index (χ1) is 16.6. The maximum atomic E-state index is 2.32. The van der Waals surface area contributed by atoms with Crippen LogP contribution in [0, 0.1) is 13.8 Å². The minimum absolute atomic E-state index is 1.11. The lowest BCUT2D eigenvalue weighted by atomic mass is 9.98. The largest absolute Gasteiger partial charge is 0.0591 e. The fourth-order valence-electron chi connectivity index (χ4n) is 4.54. The van der Waals surface area contributed by atoms with Crippen LogP contribution >= 0.6 is 0 Å². The molecule has 0 aliphatic rings. The summed E-state index contributed by atoms with van der Waals surface area (Å²) in [6.07, 6.45) is 9.25. The Bertz CT molecular complexity index is 1020. The van der Waals surface area contributed by atoms with E-state index in [-0.39, 0.29) is 0 Å². The van der Waals surface area contributed by atoms with Crippen LogP contribution in [0.15, 0.2) is 97.1 Å². The highest BCUT2D eigenvalue weighted by atomic mass is 14.1. The molecule has 0 radical (unpaired) electrons. The highest BCUT2D eigenvalue weighted by Gasteiger charge is 2.01. The quantitative estimate of drug-likeness (QED) is 0.217. The average Bonchev–Trinajstić information content (AvgIpc) is 2.87. The van der Waals surface area contributed by atoms with Gasteiger partial charge in [-0.3, -0.25) is 0 Å². The molecule has 0 atom stereocenters. The van der Waals surface area contributed by atoms with E-state index in [9.17, 15) is 0 Å². The van der Waals surface area contributed by atoms with Gasteiger partial charge in [0.25, 0.3) is 0 Å². The van der Waals surface area contributed by atoms with Gasteiger partial charge in [-0.15, -0.1) is 0 Å². The molecule has 0 bridgehead atoms. The predicted molar refractivity (Wildman–Crippen MR) is 147 cm³/mol. The van der Waals surface area contributed by atoms with Crippen molar-refractivity contribution < 1.29 is 0 Å². The fourth-order valence-corrected chi connectivity index (χ4v) is 4.54. The second kappa shape index (κ2) is 12.4. The molecule has 0 saturated carbocycles. The molecule has 0 heteroatoms. The fraction of sp³-hybridized carbons (Fsp3) is 0.294. The van der Waals surface area contributed by atoms with Crippen molar-refractivity contribution in [2.24, 2.45) is 0 Å². The molecule has 4 aromatic rings. The van der Waals surface area contributed by atoms with Crippen LogP contribution in [0.3, 0.4) is 0 Å². The van der Waals surface area contributed by atoms with Crippen LogP contribution in [-0.2, 0) is 38.5 Å². The van der Waals surface area contributed by atoms with E-state index in [1.807, 2.05) is 0 Å². The third kappa shape index (κ3) is 7.73. The Morgan fingerprint density at radius 1 is 0.294 bits per heavy atom. The van der Waals surface area contributed by atoms with E-state index in [0.29, 0.717) is 0 Å². The average molecular weight is 447 g/mol.